The molecule has 1 heterocycles. The van der Waals surface area contributed by atoms with Gasteiger partial charge in [0.2, 0.25) is 0 Å². The van der Waals surface area contributed by atoms with Gasteiger partial charge in [-0.1, -0.05) is 12.1 Å². The number of hydrogen-bond acceptors (Lipinski definition) is 5. The number of fused-ring (bicyclic) bond motifs is 1. The highest BCUT2D eigenvalue weighted by Crippen LogP contribution is 2.25. The van der Waals surface area contributed by atoms with Crippen LogP contribution in [0.2, 0.25) is 0 Å². The van der Waals surface area contributed by atoms with Crippen LogP contribution in [0.1, 0.15) is 35.3 Å². The van der Waals surface area contributed by atoms with E-state index in [2.05, 4.69) is 51.7 Å². The quantitative estimate of drug-likeness (QED) is 0.364. The molecular weight excluding hydrogens is 463 g/mol. The van der Waals surface area contributed by atoms with E-state index in [0.717, 1.165) is 35.4 Å². The molecule has 0 atom stereocenters. The minimum absolute atomic E-state index is 0.0657. The van der Waals surface area contributed by atoms with E-state index in [0.29, 0.717) is 11.2 Å². The third-order valence-corrected chi connectivity index (χ3v) is 6.05. The summed E-state index contributed by atoms with van der Waals surface area (Å²) in [6, 6.07) is 15.7. The van der Waals surface area contributed by atoms with Crippen LogP contribution in [0, 0.1) is 19.7 Å². The number of aromatic nitrogens is 3. The van der Waals surface area contributed by atoms with Crippen molar-refractivity contribution in [3.8, 4) is 5.69 Å². The molecule has 7 nitrogen and oxygen atoms in total. The number of carbonyl (C=O) groups excluding carboxylic acids is 1. The Morgan fingerprint density at radius 3 is 2.34 bits per heavy atom. The third-order valence-electron chi connectivity index (χ3n) is 5.84. The van der Waals surface area contributed by atoms with Gasteiger partial charge in [-0.15, -0.1) is 10.2 Å². The van der Waals surface area contributed by atoms with Gasteiger partial charge in [-0.05, 0) is 93.5 Å². The molecule has 0 unspecified atom stereocenters. The summed E-state index contributed by atoms with van der Waals surface area (Å²) in [6.07, 6.45) is 0. The summed E-state index contributed by atoms with van der Waals surface area (Å²) in [5, 5.41) is 14.9. The van der Waals surface area contributed by atoms with E-state index in [-0.39, 0.29) is 10.7 Å². The summed E-state index contributed by atoms with van der Waals surface area (Å²) in [5.74, 6) is -1.23. The minimum atomic E-state index is -0.617. The van der Waals surface area contributed by atoms with Gasteiger partial charge in [0.25, 0.3) is 5.91 Å². The monoisotopic (exact) mass is 490 g/mol. The topological polar surface area (TPSA) is 75.1 Å². The molecule has 0 spiro atoms. The maximum absolute atomic E-state index is 13.9. The first-order chi connectivity index (χ1) is 16.8. The van der Waals surface area contributed by atoms with Crippen molar-refractivity contribution in [1.82, 2.24) is 20.3 Å². The fraction of sp³-hybridized carbons (Fsp3) is 0.231. The number of benzene rings is 3. The first-order valence-electron chi connectivity index (χ1n) is 11.4. The van der Waals surface area contributed by atoms with Crippen molar-refractivity contribution in [3.63, 3.8) is 0 Å². The van der Waals surface area contributed by atoms with Crippen LogP contribution in [0.5, 0.6) is 0 Å². The largest absolute Gasteiger partial charge is 0.372 e. The minimum Gasteiger partial charge on any atom is -0.372 e. The van der Waals surface area contributed by atoms with E-state index in [9.17, 15) is 9.18 Å². The molecule has 0 saturated heterocycles. The van der Waals surface area contributed by atoms with Gasteiger partial charge in [0.1, 0.15) is 16.9 Å². The number of anilines is 2. The molecule has 0 aliphatic heterocycles. The Labute approximate surface area is 208 Å². The highest BCUT2D eigenvalue weighted by molar-refractivity contribution is 7.80. The van der Waals surface area contributed by atoms with E-state index in [1.54, 1.807) is 10.9 Å². The Bertz CT molecular complexity index is 1410. The van der Waals surface area contributed by atoms with Crippen molar-refractivity contribution >= 4 is 45.6 Å². The lowest BCUT2D eigenvalue weighted by atomic mass is 10.1. The van der Waals surface area contributed by atoms with Crippen LogP contribution < -0.4 is 15.5 Å². The number of nitrogens with zero attached hydrogens (tertiary/aromatic N) is 4. The maximum atomic E-state index is 13.9. The van der Waals surface area contributed by atoms with Crippen LogP contribution in [0.4, 0.5) is 15.8 Å². The van der Waals surface area contributed by atoms with Gasteiger partial charge in [0.15, 0.2) is 5.11 Å². The molecule has 9 heteroatoms. The van der Waals surface area contributed by atoms with Crippen molar-refractivity contribution in [2.45, 2.75) is 27.7 Å². The predicted molar refractivity (Wildman–Crippen MR) is 142 cm³/mol. The van der Waals surface area contributed by atoms with Crippen LogP contribution in [0.15, 0.2) is 54.6 Å². The third kappa shape index (κ3) is 5.14. The van der Waals surface area contributed by atoms with Crippen LogP contribution >= 0.6 is 12.2 Å². The van der Waals surface area contributed by atoms with E-state index >= 15 is 0 Å². The fourth-order valence-electron chi connectivity index (χ4n) is 3.93. The molecule has 0 radical (unpaired) electrons. The van der Waals surface area contributed by atoms with Crippen molar-refractivity contribution in [2.75, 3.05) is 23.3 Å². The lowest BCUT2D eigenvalue weighted by Crippen LogP contribution is -2.34. The molecule has 3 aromatic carbocycles. The van der Waals surface area contributed by atoms with Gasteiger partial charge in [0, 0.05) is 24.5 Å². The van der Waals surface area contributed by atoms with E-state index in [1.165, 1.54) is 23.9 Å². The summed E-state index contributed by atoms with van der Waals surface area (Å²) in [5.41, 5.74) is 6.03. The predicted octanol–water partition coefficient (Wildman–Crippen LogP) is 5.15. The van der Waals surface area contributed by atoms with Gasteiger partial charge < -0.3 is 10.2 Å². The number of halogens is 1. The highest BCUT2D eigenvalue weighted by atomic mass is 32.1. The molecule has 0 fully saturated rings. The van der Waals surface area contributed by atoms with Gasteiger partial charge in [-0.25, -0.2) is 4.39 Å². The molecule has 4 aromatic rings. The zero-order chi connectivity index (χ0) is 25.1. The van der Waals surface area contributed by atoms with Gasteiger partial charge in [0.05, 0.1) is 11.3 Å². The average molecular weight is 491 g/mol. The zero-order valence-corrected chi connectivity index (χ0v) is 20.9. The van der Waals surface area contributed by atoms with Crippen molar-refractivity contribution in [1.29, 1.82) is 0 Å². The number of hydrogen-bond donors (Lipinski definition) is 2. The zero-order valence-electron chi connectivity index (χ0n) is 20.1. The molecule has 4 rings (SSSR count). The average Bonchev–Trinajstić information content (AvgIpc) is 3.22. The van der Waals surface area contributed by atoms with Crippen LogP contribution in [-0.4, -0.2) is 39.1 Å². The van der Waals surface area contributed by atoms with Crippen LogP contribution in [0.25, 0.3) is 16.7 Å². The van der Waals surface area contributed by atoms with Crippen molar-refractivity contribution in [3.05, 3.63) is 77.1 Å². The summed E-state index contributed by atoms with van der Waals surface area (Å²) < 4.78 is 13.9. The van der Waals surface area contributed by atoms with Gasteiger partial charge >= 0.3 is 0 Å². The Balaban J connectivity index is 1.55. The first kappa shape index (κ1) is 24.3. The summed E-state index contributed by atoms with van der Waals surface area (Å²) >= 11 is 5.28. The summed E-state index contributed by atoms with van der Waals surface area (Å²) in [4.78, 5) is 16.3. The lowest BCUT2D eigenvalue weighted by molar-refractivity contribution is 0.0974. The molecule has 2 N–H and O–H groups in total. The molecule has 35 heavy (non-hydrogen) atoms. The molecular formula is C26H27FN6OS. The SMILES string of the molecule is CCN(CC)c1ccc(-n2nc3cc(C)c(NC(=S)NC(=O)c4ccccc4F)cc3n2)c(C)c1. The van der Waals surface area contributed by atoms with Crippen molar-refractivity contribution in [2.24, 2.45) is 0 Å². The lowest BCUT2D eigenvalue weighted by Gasteiger charge is -2.22. The van der Waals surface area contributed by atoms with Crippen LogP contribution in [-0.2, 0) is 0 Å². The van der Waals surface area contributed by atoms with Crippen molar-refractivity contribution < 1.29 is 9.18 Å². The number of nitrogens with one attached hydrogen (secondary N) is 2. The van der Waals surface area contributed by atoms with Crippen LogP contribution in [0.3, 0.4) is 0 Å². The Hall–Kier alpha value is -3.85. The molecule has 0 aliphatic carbocycles. The smallest absolute Gasteiger partial charge is 0.260 e. The molecule has 0 aliphatic rings. The Morgan fingerprint density at radius 1 is 1.00 bits per heavy atom. The van der Waals surface area contributed by atoms with E-state index in [4.69, 9.17) is 12.2 Å². The highest BCUT2D eigenvalue weighted by Gasteiger charge is 2.15. The van der Waals surface area contributed by atoms with Gasteiger partial charge in [-0.2, -0.15) is 4.80 Å². The molecule has 180 valence electrons. The second-order valence-electron chi connectivity index (χ2n) is 8.18. The van der Waals surface area contributed by atoms with Gasteiger partial charge in [-0.3, -0.25) is 10.1 Å². The fourth-order valence-corrected chi connectivity index (χ4v) is 4.13. The molecule has 1 aromatic heterocycles. The second kappa shape index (κ2) is 10.2. The number of amides is 1. The molecule has 1 amide bonds. The normalized spacial score (nSPS) is 10.9. The Kier molecular flexibility index (Phi) is 7.07. The first-order valence-corrected chi connectivity index (χ1v) is 11.8. The molecule has 0 bridgehead atoms. The standard InChI is InChI=1S/C26H27FN6OS/c1-5-32(6-2)18-11-12-24(17(4)13-18)33-30-22-14-16(3)21(15-23(22)31-33)28-26(35)29-25(34)19-9-7-8-10-20(19)27/h7-15H,5-6H2,1-4H3,(H2,28,29,34,35). The number of aryl methyl sites for hydroxylation is 2. The summed E-state index contributed by atoms with van der Waals surface area (Å²) in [6.45, 7) is 10.1. The van der Waals surface area contributed by atoms with E-state index in [1.807, 2.05) is 32.0 Å². The number of thiocarbonyl (C=S) groups is 1. The maximum Gasteiger partial charge on any atom is 0.260 e. The Morgan fingerprint density at radius 2 is 1.69 bits per heavy atom. The summed E-state index contributed by atoms with van der Waals surface area (Å²) in [7, 11) is 0. The van der Waals surface area contributed by atoms with E-state index < -0.39 is 11.7 Å². The number of rotatable bonds is 6. The number of carbonyl (C=O) groups is 1. The molecule has 0 saturated carbocycles. The second-order valence-corrected chi connectivity index (χ2v) is 8.58.